The smallest absolute Gasteiger partial charge is 0.326 e. The predicted octanol–water partition coefficient (Wildman–Crippen LogP) is 3.07. The van der Waals surface area contributed by atoms with Crippen LogP contribution in [0.1, 0.15) is 43.0 Å². The zero-order valence-corrected chi connectivity index (χ0v) is 23.3. The number of hydrogen-bond acceptors (Lipinski definition) is 7. The maximum absolute atomic E-state index is 14.9. The highest BCUT2D eigenvalue weighted by Crippen LogP contribution is 2.67. The van der Waals surface area contributed by atoms with Crippen LogP contribution in [-0.2, 0) is 30.1 Å². The Morgan fingerprint density at radius 1 is 1.00 bits per heavy atom. The molecule has 0 bridgehead atoms. The molecule has 0 unspecified atom stereocenters. The fourth-order valence-electron chi connectivity index (χ4n) is 6.30. The Morgan fingerprint density at radius 2 is 1.56 bits per heavy atom. The first-order valence-corrected chi connectivity index (χ1v) is 12.8. The second-order valence-electron chi connectivity index (χ2n) is 11.3. The number of thiocarbonyl (C=S) groups is 1. The first kappa shape index (κ1) is 26.3. The molecule has 0 radical (unpaired) electrons. The molecule has 0 aromatic heterocycles. The molecule has 3 heterocycles. The van der Waals surface area contributed by atoms with E-state index in [9.17, 15) is 24.9 Å². The summed E-state index contributed by atoms with van der Waals surface area (Å²) in [5.41, 5.74) is -4.00. The van der Waals surface area contributed by atoms with Crippen molar-refractivity contribution in [1.82, 2.24) is 5.32 Å². The number of anilines is 2. The summed E-state index contributed by atoms with van der Waals surface area (Å²) >= 11 is 5.65. The fraction of sp³-hybridized carbons (Fsp3) is 0.379. The van der Waals surface area contributed by atoms with Crippen molar-refractivity contribution in [2.75, 3.05) is 23.4 Å². The van der Waals surface area contributed by atoms with E-state index in [4.69, 9.17) is 17.0 Å². The standard InChI is InChI=1S/C29H27N5O4S/c1-16-8-10-21-18(11-16)28(24(36)34(21)13-22(35)38-26(3,4)5)27(14-30,15-31)23(39)32-29(28)19-12-17(2)7-9-20(19)33(6)25(29)37/h7-12H,13H2,1-6H3,(H,32,39)/t28-,29+/m0/s1. The van der Waals surface area contributed by atoms with Gasteiger partial charge in [0.05, 0.1) is 12.1 Å². The number of nitrogens with one attached hydrogen (secondary N) is 1. The number of hydrogen-bond donors (Lipinski definition) is 1. The number of nitrogens with zero attached hydrogens (tertiary/aromatic N) is 4. The van der Waals surface area contributed by atoms with Crippen molar-refractivity contribution in [3.05, 3.63) is 58.7 Å². The van der Waals surface area contributed by atoms with Crippen LogP contribution in [0.15, 0.2) is 36.4 Å². The summed E-state index contributed by atoms with van der Waals surface area (Å²) < 4.78 is 5.51. The first-order chi connectivity index (χ1) is 18.2. The Balaban J connectivity index is 1.90. The van der Waals surface area contributed by atoms with E-state index in [2.05, 4.69) is 5.32 Å². The van der Waals surface area contributed by atoms with Gasteiger partial charge in [-0.05, 0) is 52.3 Å². The van der Waals surface area contributed by atoms with Crippen LogP contribution in [0.2, 0.25) is 0 Å². The normalized spacial score (nSPS) is 24.5. The van der Waals surface area contributed by atoms with Crippen LogP contribution in [0.5, 0.6) is 0 Å². The first-order valence-electron chi connectivity index (χ1n) is 12.4. The number of carbonyl (C=O) groups is 3. The molecule has 0 aliphatic carbocycles. The van der Waals surface area contributed by atoms with Gasteiger partial charge in [-0.1, -0.05) is 47.6 Å². The van der Waals surface area contributed by atoms with E-state index in [-0.39, 0.29) is 10.6 Å². The van der Waals surface area contributed by atoms with Crippen LogP contribution in [0.25, 0.3) is 0 Å². The minimum absolute atomic E-state index is 0.219. The van der Waals surface area contributed by atoms with Crippen molar-refractivity contribution in [3.8, 4) is 12.1 Å². The number of likely N-dealkylation sites (N-methyl/N-ethyl adjacent to an activating group) is 1. The van der Waals surface area contributed by atoms with E-state index in [0.29, 0.717) is 16.9 Å². The van der Waals surface area contributed by atoms with E-state index < -0.39 is 46.3 Å². The molecule has 10 heteroatoms. The number of amides is 2. The quantitative estimate of drug-likeness (QED) is 0.454. The molecule has 2 aromatic rings. The highest BCUT2D eigenvalue weighted by atomic mass is 32.1. The summed E-state index contributed by atoms with van der Waals surface area (Å²) in [4.78, 5) is 44.8. The second-order valence-corrected chi connectivity index (χ2v) is 11.7. The van der Waals surface area contributed by atoms with Gasteiger partial charge in [0, 0.05) is 24.0 Å². The maximum atomic E-state index is 14.9. The third-order valence-corrected chi connectivity index (χ3v) is 8.17. The van der Waals surface area contributed by atoms with Crippen molar-refractivity contribution in [3.63, 3.8) is 0 Å². The van der Waals surface area contributed by atoms with Gasteiger partial charge in [0.1, 0.15) is 17.1 Å². The van der Waals surface area contributed by atoms with Crippen molar-refractivity contribution >= 4 is 46.4 Å². The molecular weight excluding hydrogens is 514 g/mol. The summed E-state index contributed by atoms with van der Waals surface area (Å²) in [5, 5.41) is 24.4. The van der Waals surface area contributed by atoms with Crippen LogP contribution >= 0.6 is 12.2 Å². The van der Waals surface area contributed by atoms with Crippen molar-refractivity contribution in [2.24, 2.45) is 5.41 Å². The van der Waals surface area contributed by atoms with Crippen LogP contribution in [0.3, 0.4) is 0 Å². The largest absolute Gasteiger partial charge is 0.459 e. The van der Waals surface area contributed by atoms with Gasteiger partial charge in [-0.3, -0.25) is 19.3 Å². The minimum atomic E-state index is -2.26. The molecule has 2 atom stereocenters. The summed E-state index contributed by atoms with van der Waals surface area (Å²) in [5.74, 6) is -1.95. The molecule has 5 rings (SSSR count). The van der Waals surface area contributed by atoms with Crippen molar-refractivity contribution < 1.29 is 19.1 Å². The Hall–Kier alpha value is -4.28. The molecule has 9 nitrogen and oxygen atoms in total. The molecule has 2 amide bonds. The predicted molar refractivity (Wildman–Crippen MR) is 147 cm³/mol. The van der Waals surface area contributed by atoms with Gasteiger partial charge in [0.15, 0.2) is 11.0 Å². The summed E-state index contributed by atoms with van der Waals surface area (Å²) in [6.45, 7) is 8.32. The highest BCUT2D eigenvalue weighted by molar-refractivity contribution is 7.80. The molecule has 2 aromatic carbocycles. The number of carbonyl (C=O) groups excluding carboxylic acids is 3. The van der Waals surface area contributed by atoms with Crippen molar-refractivity contribution in [1.29, 1.82) is 10.5 Å². The number of benzene rings is 2. The summed E-state index contributed by atoms with van der Waals surface area (Å²) in [6, 6.07) is 14.6. The van der Waals surface area contributed by atoms with Gasteiger partial charge in [-0.2, -0.15) is 10.5 Å². The number of fused-ring (bicyclic) bond motifs is 5. The fourth-order valence-corrected chi connectivity index (χ4v) is 6.70. The monoisotopic (exact) mass is 541 g/mol. The van der Waals surface area contributed by atoms with Gasteiger partial charge in [0.25, 0.3) is 5.91 Å². The molecule has 3 aliphatic heterocycles. The second kappa shape index (κ2) is 8.11. The lowest BCUT2D eigenvalue weighted by Crippen LogP contribution is -2.65. The van der Waals surface area contributed by atoms with Gasteiger partial charge < -0.3 is 15.0 Å². The molecule has 1 N–H and O–H groups in total. The lowest BCUT2D eigenvalue weighted by molar-refractivity contribution is -0.153. The maximum Gasteiger partial charge on any atom is 0.326 e. The summed E-state index contributed by atoms with van der Waals surface area (Å²) in [6.07, 6.45) is 0. The molecule has 198 valence electrons. The molecule has 39 heavy (non-hydrogen) atoms. The zero-order valence-electron chi connectivity index (χ0n) is 22.5. The molecule has 0 saturated carbocycles. The number of aryl methyl sites for hydroxylation is 2. The topological polar surface area (TPSA) is 127 Å². The highest BCUT2D eigenvalue weighted by Gasteiger charge is 2.84. The Morgan fingerprint density at radius 3 is 2.13 bits per heavy atom. The zero-order chi connectivity index (χ0) is 28.7. The molecule has 2 spiro atoms. The SMILES string of the molecule is Cc1ccc2c(c1)[C@@]1(NC(=S)C(C#N)(C#N)[C@]13C(=O)N(CC(=O)OC(C)(C)C)c1ccc(C)cc13)C(=O)N2C. The van der Waals surface area contributed by atoms with Crippen LogP contribution in [0, 0.1) is 41.9 Å². The molecule has 1 saturated heterocycles. The van der Waals surface area contributed by atoms with E-state index in [1.54, 1.807) is 58.2 Å². The molecule has 1 fully saturated rings. The molecule has 3 aliphatic rings. The van der Waals surface area contributed by atoms with E-state index in [0.717, 1.165) is 11.1 Å². The van der Waals surface area contributed by atoms with Crippen LogP contribution in [0.4, 0.5) is 11.4 Å². The number of nitriles is 2. The average Bonchev–Trinajstić information content (AvgIpc) is 3.33. The van der Waals surface area contributed by atoms with E-state index in [1.807, 2.05) is 32.1 Å². The van der Waals surface area contributed by atoms with Gasteiger partial charge in [-0.25, -0.2) is 0 Å². The Kier molecular flexibility index (Phi) is 5.48. The Labute approximate surface area is 231 Å². The van der Waals surface area contributed by atoms with Gasteiger partial charge in [-0.15, -0.1) is 0 Å². The van der Waals surface area contributed by atoms with Gasteiger partial charge in [0.2, 0.25) is 11.3 Å². The number of rotatable bonds is 2. The number of ether oxygens (including phenoxy) is 1. The van der Waals surface area contributed by atoms with E-state index in [1.165, 1.54) is 9.80 Å². The average molecular weight is 542 g/mol. The third-order valence-electron chi connectivity index (χ3n) is 7.76. The molecular formula is C29H27N5O4S. The minimum Gasteiger partial charge on any atom is -0.459 e. The summed E-state index contributed by atoms with van der Waals surface area (Å²) in [7, 11) is 1.58. The number of esters is 1. The Bertz CT molecular complexity index is 1580. The lowest BCUT2D eigenvalue weighted by atomic mass is 9.53. The van der Waals surface area contributed by atoms with Crippen LogP contribution < -0.4 is 15.1 Å². The van der Waals surface area contributed by atoms with Crippen LogP contribution in [-0.4, -0.2) is 42.0 Å². The third kappa shape index (κ3) is 3.04. The lowest BCUT2D eigenvalue weighted by Gasteiger charge is -2.41. The van der Waals surface area contributed by atoms with Crippen molar-refractivity contribution in [2.45, 2.75) is 51.2 Å². The van der Waals surface area contributed by atoms with Gasteiger partial charge >= 0.3 is 5.97 Å². The van der Waals surface area contributed by atoms with E-state index >= 15 is 0 Å².